The Morgan fingerprint density at radius 3 is 2.94 bits per heavy atom. The van der Waals surface area contributed by atoms with Crippen molar-refractivity contribution in [2.24, 2.45) is 11.7 Å². The van der Waals surface area contributed by atoms with E-state index in [0.29, 0.717) is 18.2 Å². The minimum atomic E-state index is -0.393. The number of nitrogens with two attached hydrogens (primary N) is 1. The van der Waals surface area contributed by atoms with Crippen LogP contribution in [0.5, 0.6) is 0 Å². The Kier molecular flexibility index (Phi) is 3.19. The molecule has 88 valence electrons. The van der Waals surface area contributed by atoms with Gasteiger partial charge in [-0.1, -0.05) is 5.21 Å². The summed E-state index contributed by atoms with van der Waals surface area (Å²) in [5, 5.41) is 8.03. The summed E-state index contributed by atoms with van der Waals surface area (Å²) in [5.41, 5.74) is 6.66. The van der Waals surface area contributed by atoms with Crippen molar-refractivity contribution in [2.45, 2.75) is 32.4 Å². The van der Waals surface area contributed by atoms with Crippen LogP contribution in [0.3, 0.4) is 0 Å². The van der Waals surface area contributed by atoms with Crippen LogP contribution in [0.2, 0.25) is 0 Å². The van der Waals surface area contributed by atoms with Crippen LogP contribution in [0.25, 0.3) is 0 Å². The van der Waals surface area contributed by atoms with Crippen molar-refractivity contribution in [3.8, 4) is 0 Å². The molecule has 2 N–H and O–H groups in total. The molecule has 2 rings (SSSR count). The Morgan fingerprint density at radius 2 is 2.38 bits per heavy atom. The minimum Gasteiger partial charge on any atom is -0.378 e. The van der Waals surface area contributed by atoms with Gasteiger partial charge in [-0.25, -0.2) is 4.68 Å². The molecule has 0 radical (unpaired) electrons. The van der Waals surface area contributed by atoms with Gasteiger partial charge in [0.2, 0.25) is 5.91 Å². The van der Waals surface area contributed by atoms with Crippen molar-refractivity contribution in [3.63, 3.8) is 0 Å². The van der Waals surface area contributed by atoms with Crippen molar-refractivity contribution in [2.75, 3.05) is 7.11 Å². The van der Waals surface area contributed by atoms with Crippen molar-refractivity contribution >= 4 is 5.91 Å². The summed E-state index contributed by atoms with van der Waals surface area (Å²) in [4.78, 5) is 10.9. The van der Waals surface area contributed by atoms with E-state index >= 15 is 0 Å². The van der Waals surface area contributed by atoms with Gasteiger partial charge in [0.05, 0.1) is 24.4 Å². The lowest BCUT2D eigenvalue weighted by molar-refractivity contribution is -0.117. The summed E-state index contributed by atoms with van der Waals surface area (Å²) >= 11 is 0. The van der Waals surface area contributed by atoms with Crippen molar-refractivity contribution in [3.05, 3.63) is 11.4 Å². The summed E-state index contributed by atoms with van der Waals surface area (Å²) in [6.45, 7) is 1.28. The number of aromatic nitrogens is 3. The Bertz CT molecular complexity index is 384. The van der Waals surface area contributed by atoms with Gasteiger partial charge >= 0.3 is 0 Å². The number of rotatable bonds is 6. The van der Waals surface area contributed by atoms with E-state index < -0.39 is 5.91 Å². The third-order valence-corrected chi connectivity index (χ3v) is 2.67. The third-order valence-electron chi connectivity index (χ3n) is 2.67. The molecule has 0 unspecified atom stereocenters. The molecule has 0 aliphatic heterocycles. The quantitative estimate of drug-likeness (QED) is 0.729. The zero-order chi connectivity index (χ0) is 11.5. The first kappa shape index (κ1) is 11.1. The number of hydrogen-bond donors (Lipinski definition) is 1. The van der Waals surface area contributed by atoms with Gasteiger partial charge < -0.3 is 10.5 Å². The van der Waals surface area contributed by atoms with E-state index in [1.165, 1.54) is 12.8 Å². The average Bonchev–Trinajstić information content (AvgIpc) is 2.96. The highest BCUT2D eigenvalue weighted by Gasteiger charge is 2.24. The zero-order valence-electron chi connectivity index (χ0n) is 9.35. The van der Waals surface area contributed by atoms with E-state index in [0.717, 1.165) is 12.2 Å². The molecule has 1 aliphatic carbocycles. The van der Waals surface area contributed by atoms with Gasteiger partial charge in [-0.15, -0.1) is 5.10 Å². The van der Waals surface area contributed by atoms with Crippen LogP contribution < -0.4 is 5.73 Å². The van der Waals surface area contributed by atoms with Crippen molar-refractivity contribution in [1.29, 1.82) is 0 Å². The minimum absolute atomic E-state index is 0.128. The number of hydrogen-bond acceptors (Lipinski definition) is 4. The lowest BCUT2D eigenvalue weighted by Crippen LogP contribution is -2.16. The predicted octanol–water partition coefficient (Wildman–Crippen LogP) is -0.138. The molecule has 1 aromatic rings. The molecule has 6 nitrogen and oxygen atoms in total. The Hall–Kier alpha value is -1.43. The fraction of sp³-hybridized carbons (Fsp3) is 0.700. The fourth-order valence-electron chi connectivity index (χ4n) is 1.66. The molecule has 1 saturated carbocycles. The fourth-order valence-corrected chi connectivity index (χ4v) is 1.66. The van der Waals surface area contributed by atoms with E-state index in [1.54, 1.807) is 7.11 Å². The standard InChI is InChI=1S/C10H16N4O2/c1-16-6-9-8(4-10(11)15)12-13-14(9)5-7-2-3-7/h7H,2-6H2,1H3,(H2,11,15). The highest BCUT2D eigenvalue weighted by molar-refractivity contribution is 5.76. The first-order valence-corrected chi connectivity index (χ1v) is 5.39. The largest absolute Gasteiger partial charge is 0.378 e. The first-order chi connectivity index (χ1) is 7.70. The van der Waals surface area contributed by atoms with Crippen LogP contribution in [-0.2, 0) is 29.1 Å². The molecule has 1 aliphatic rings. The molecule has 1 fully saturated rings. The predicted molar refractivity (Wildman–Crippen MR) is 56.4 cm³/mol. The maximum absolute atomic E-state index is 10.9. The molecule has 0 saturated heterocycles. The summed E-state index contributed by atoms with van der Waals surface area (Å²) in [7, 11) is 1.61. The highest BCUT2D eigenvalue weighted by atomic mass is 16.5. The number of carbonyl (C=O) groups excluding carboxylic acids is 1. The van der Waals surface area contributed by atoms with E-state index in [4.69, 9.17) is 10.5 Å². The van der Waals surface area contributed by atoms with E-state index in [2.05, 4.69) is 10.3 Å². The lowest BCUT2D eigenvalue weighted by Gasteiger charge is -2.05. The average molecular weight is 224 g/mol. The molecule has 0 atom stereocenters. The van der Waals surface area contributed by atoms with E-state index in [-0.39, 0.29) is 6.42 Å². The smallest absolute Gasteiger partial charge is 0.223 e. The molecule has 1 heterocycles. The summed E-state index contributed by atoms with van der Waals surface area (Å²) in [6, 6.07) is 0. The Balaban J connectivity index is 2.15. The van der Waals surface area contributed by atoms with Crippen molar-refractivity contribution in [1.82, 2.24) is 15.0 Å². The second-order valence-corrected chi connectivity index (χ2v) is 4.18. The summed E-state index contributed by atoms with van der Waals surface area (Å²) < 4.78 is 6.93. The number of carbonyl (C=O) groups is 1. The lowest BCUT2D eigenvalue weighted by atomic mass is 10.2. The molecule has 16 heavy (non-hydrogen) atoms. The van der Waals surface area contributed by atoms with Gasteiger partial charge in [-0.2, -0.15) is 0 Å². The van der Waals surface area contributed by atoms with Crippen LogP contribution in [0, 0.1) is 5.92 Å². The number of primary amides is 1. The molecular weight excluding hydrogens is 208 g/mol. The van der Waals surface area contributed by atoms with Gasteiger partial charge in [0.1, 0.15) is 0 Å². The van der Waals surface area contributed by atoms with Crippen LogP contribution >= 0.6 is 0 Å². The van der Waals surface area contributed by atoms with Crippen LogP contribution in [0.15, 0.2) is 0 Å². The van der Waals surface area contributed by atoms with Crippen LogP contribution in [0.1, 0.15) is 24.2 Å². The second-order valence-electron chi connectivity index (χ2n) is 4.18. The molecule has 0 aromatic carbocycles. The Morgan fingerprint density at radius 1 is 1.62 bits per heavy atom. The van der Waals surface area contributed by atoms with Gasteiger partial charge in [-0.05, 0) is 18.8 Å². The van der Waals surface area contributed by atoms with E-state index in [9.17, 15) is 4.79 Å². The van der Waals surface area contributed by atoms with E-state index in [1.807, 2.05) is 4.68 Å². The highest BCUT2D eigenvalue weighted by Crippen LogP contribution is 2.30. The monoisotopic (exact) mass is 224 g/mol. The number of ether oxygens (including phenoxy) is 1. The van der Waals surface area contributed by atoms with Crippen LogP contribution in [0.4, 0.5) is 0 Å². The zero-order valence-corrected chi connectivity index (χ0v) is 9.35. The van der Waals surface area contributed by atoms with Crippen molar-refractivity contribution < 1.29 is 9.53 Å². The van der Waals surface area contributed by atoms with Gasteiger partial charge in [0.15, 0.2) is 0 Å². The van der Waals surface area contributed by atoms with Crippen LogP contribution in [-0.4, -0.2) is 28.0 Å². The van der Waals surface area contributed by atoms with Gasteiger partial charge in [0.25, 0.3) is 0 Å². The number of amides is 1. The molecular formula is C10H16N4O2. The maximum atomic E-state index is 10.9. The second kappa shape index (κ2) is 4.61. The van der Waals surface area contributed by atoms with Gasteiger partial charge in [0, 0.05) is 13.7 Å². The molecule has 6 heteroatoms. The summed E-state index contributed by atoms with van der Waals surface area (Å²) in [5.74, 6) is 0.314. The van der Waals surface area contributed by atoms with Gasteiger partial charge in [-0.3, -0.25) is 4.79 Å². The number of methoxy groups -OCH3 is 1. The SMILES string of the molecule is COCc1c(CC(N)=O)nnn1CC1CC1. The molecule has 0 bridgehead atoms. The Labute approximate surface area is 93.8 Å². The maximum Gasteiger partial charge on any atom is 0.223 e. The first-order valence-electron chi connectivity index (χ1n) is 5.39. The molecule has 1 aromatic heterocycles. The molecule has 1 amide bonds. The topological polar surface area (TPSA) is 83.0 Å². The third kappa shape index (κ3) is 2.57. The normalized spacial score (nSPS) is 15.3. The summed E-state index contributed by atoms with van der Waals surface area (Å²) in [6.07, 6.45) is 2.62. The molecule has 0 spiro atoms. The number of nitrogens with zero attached hydrogens (tertiary/aromatic N) is 3.